The number of hydrogen-bond acceptors (Lipinski definition) is 4. The van der Waals surface area contributed by atoms with E-state index in [1.807, 2.05) is 30.3 Å². The molecule has 0 radical (unpaired) electrons. The molecule has 0 bridgehead atoms. The molecule has 0 aliphatic carbocycles. The normalized spacial score (nSPS) is 13.7. The van der Waals surface area contributed by atoms with E-state index in [0.29, 0.717) is 24.2 Å². The zero-order valence-electron chi connectivity index (χ0n) is 11.7. The predicted molar refractivity (Wildman–Crippen MR) is 82.8 cm³/mol. The first-order valence-corrected chi connectivity index (χ1v) is 7.12. The molecule has 1 N–H and O–H groups in total. The summed E-state index contributed by atoms with van der Waals surface area (Å²) in [6, 6.07) is 14.9. The van der Waals surface area contributed by atoms with E-state index in [1.165, 1.54) is 0 Å². The first-order valence-electron chi connectivity index (χ1n) is 7.12. The van der Waals surface area contributed by atoms with Gasteiger partial charge in [0.1, 0.15) is 5.75 Å². The fraction of sp³-hybridized carbons (Fsp3) is 0.111. The number of rotatable bonds is 1. The summed E-state index contributed by atoms with van der Waals surface area (Å²) in [6.07, 6.45) is 0.629. The maximum atomic E-state index is 12.0. The van der Waals surface area contributed by atoms with Gasteiger partial charge in [-0.15, -0.1) is 0 Å². The Labute approximate surface area is 127 Å². The maximum Gasteiger partial charge on any atom is 0.357 e. The van der Waals surface area contributed by atoms with Crippen LogP contribution in [0.1, 0.15) is 16.1 Å². The Balaban J connectivity index is 2.15. The summed E-state index contributed by atoms with van der Waals surface area (Å²) in [5.74, 6) is -0.196. The highest BCUT2D eigenvalue weighted by Crippen LogP contribution is 2.36. The van der Waals surface area contributed by atoms with E-state index in [4.69, 9.17) is 4.74 Å². The molecular formula is C18H13NO3. The number of esters is 1. The summed E-state index contributed by atoms with van der Waals surface area (Å²) < 4.78 is 5.12. The number of phenols is 1. The van der Waals surface area contributed by atoms with Gasteiger partial charge in [-0.2, -0.15) is 0 Å². The van der Waals surface area contributed by atoms with Crippen molar-refractivity contribution in [3.63, 3.8) is 0 Å². The van der Waals surface area contributed by atoms with Gasteiger partial charge in [0.15, 0.2) is 5.69 Å². The monoisotopic (exact) mass is 291 g/mol. The van der Waals surface area contributed by atoms with Crippen LogP contribution in [0.2, 0.25) is 0 Å². The minimum atomic E-state index is -0.381. The molecule has 4 heteroatoms. The first-order chi connectivity index (χ1) is 10.7. The molecule has 0 atom stereocenters. The van der Waals surface area contributed by atoms with Gasteiger partial charge >= 0.3 is 5.97 Å². The zero-order chi connectivity index (χ0) is 15.1. The van der Waals surface area contributed by atoms with Crippen LogP contribution in [-0.4, -0.2) is 22.7 Å². The average molecular weight is 291 g/mol. The minimum absolute atomic E-state index is 0.185. The summed E-state index contributed by atoms with van der Waals surface area (Å²) in [5, 5.41) is 10.7. The van der Waals surface area contributed by atoms with Crippen LogP contribution in [0.4, 0.5) is 0 Å². The van der Waals surface area contributed by atoms with Crippen LogP contribution in [0.15, 0.2) is 48.5 Å². The van der Waals surface area contributed by atoms with Crippen molar-refractivity contribution in [1.29, 1.82) is 0 Å². The summed E-state index contributed by atoms with van der Waals surface area (Å²) in [7, 11) is 0. The highest BCUT2D eigenvalue weighted by atomic mass is 16.5. The van der Waals surface area contributed by atoms with Crippen molar-refractivity contribution in [2.24, 2.45) is 0 Å². The molecule has 1 aliphatic rings. The smallest absolute Gasteiger partial charge is 0.357 e. The SMILES string of the molecule is O=C1OCCc2c1nc1ccc(O)cc1c2-c1ccccc1. The summed E-state index contributed by atoms with van der Waals surface area (Å²) in [5.41, 5.74) is 3.90. The molecule has 1 aliphatic heterocycles. The minimum Gasteiger partial charge on any atom is -0.508 e. The molecule has 4 nitrogen and oxygen atoms in total. The maximum absolute atomic E-state index is 12.0. The fourth-order valence-electron chi connectivity index (χ4n) is 2.95. The van der Waals surface area contributed by atoms with Gasteiger partial charge in [-0.05, 0) is 34.9 Å². The van der Waals surface area contributed by atoms with Crippen LogP contribution >= 0.6 is 0 Å². The topological polar surface area (TPSA) is 59.4 Å². The van der Waals surface area contributed by atoms with Crippen molar-refractivity contribution in [3.8, 4) is 16.9 Å². The van der Waals surface area contributed by atoms with E-state index < -0.39 is 0 Å². The third-order valence-electron chi connectivity index (χ3n) is 3.91. The number of ether oxygens (including phenoxy) is 1. The predicted octanol–water partition coefficient (Wildman–Crippen LogP) is 3.32. The number of cyclic esters (lactones) is 1. The van der Waals surface area contributed by atoms with Crippen LogP contribution in [0.5, 0.6) is 5.75 Å². The molecule has 3 aromatic rings. The van der Waals surface area contributed by atoms with E-state index in [9.17, 15) is 9.90 Å². The standard InChI is InChI=1S/C18H13NO3/c20-12-6-7-15-14(10-12)16(11-4-2-1-3-5-11)13-8-9-22-18(21)17(13)19-15/h1-7,10,20H,8-9H2. The van der Waals surface area contributed by atoms with Crippen molar-refractivity contribution < 1.29 is 14.6 Å². The van der Waals surface area contributed by atoms with E-state index in [-0.39, 0.29) is 11.7 Å². The van der Waals surface area contributed by atoms with Crippen molar-refractivity contribution in [2.75, 3.05) is 6.61 Å². The Morgan fingerprint density at radius 3 is 2.73 bits per heavy atom. The van der Waals surface area contributed by atoms with Crippen LogP contribution in [0, 0.1) is 0 Å². The molecule has 2 heterocycles. The van der Waals surface area contributed by atoms with Gasteiger partial charge in [-0.3, -0.25) is 0 Å². The van der Waals surface area contributed by atoms with E-state index >= 15 is 0 Å². The van der Waals surface area contributed by atoms with Crippen LogP contribution in [-0.2, 0) is 11.2 Å². The molecule has 2 aromatic carbocycles. The second-order valence-corrected chi connectivity index (χ2v) is 5.27. The molecule has 0 amide bonds. The van der Waals surface area contributed by atoms with Crippen LogP contribution in [0.3, 0.4) is 0 Å². The summed E-state index contributed by atoms with van der Waals surface area (Å²) in [6.45, 7) is 0.359. The second-order valence-electron chi connectivity index (χ2n) is 5.27. The molecule has 108 valence electrons. The van der Waals surface area contributed by atoms with Gasteiger partial charge in [-0.1, -0.05) is 30.3 Å². The number of carbonyl (C=O) groups is 1. The van der Waals surface area contributed by atoms with Gasteiger partial charge in [-0.25, -0.2) is 9.78 Å². The average Bonchev–Trinajstić information content (AvgIpc) is 2.54. The van der Waals surface area contributed by atoms with Crippen molar-refractivity contribution in [3.05, 3.63) is 59.8 Å². The Kier molecular flexibility index (Phi) is 2.82. The highest BCUT2D eigenvalue weighted by molar-refractivity contribution is 6.03. The number of benzene rings is 2. The number of hydrogen-bond donors (Lipinski definition) is 1. The molecule has 0 fully saturated rings. The zero-order valence-corrected chi connectivity index (χ0v) is 11.7. The molecule has 0 spiro atoms. The number of phenolic OH excluding ortho intramolecular Hbond substituents is 1. The number of aromatic nitrogens is 1. The largest absolute Gasteiger partial charge is 0.508 e. The lowest BCUT2D eigenvalue weighted by Crippen LogP contribution is -2.20. The number of nitrogens with zero attached hydrogens (tertiary/aromatic N) is 1. The summed E-state index contributed by atoms with van der Waals surface area (Å²) >= 11 is 0. The van der Waals surface area contributed by atoms with E-state index in [1.54, 1.807) is 18.2 Å². The number of aromatic hydroxyl groups is 1. The van der Waals surface area contributed by atoms with E-state index in [0.717, 1.165) is 22.1 Å². The lowest BCUT2D eigenvalue weighted by Gasteiger charge is -2.20. The molecule has 1 aromatic heterocycles. The lowest BCUT2D eigenvalue weighted by molar-refractivity contribution is 0.0473. The first kappa shape index (κ1) is 12.8. The molecular weight excluding hydrogens is 278 g/mol. The van der Waals surface area contributed by atoms with Gasteiger partial charge < -0.3 is 9.84 Å². The second kappa shape index (κ2) is 4.84. The molecule has 0 unspecified atom stereocenters. The van der Waals surface area contributed by atoms with Crippen molar-refractivity contribution in [1.82, 2.24) is 4.98 Å². The van der Waals surface area contributed by atoms with Gasteiger partial charge in [0.25, 0.3) is 0 Å². The number of fused-ring (bicyclic) bond motifs is 2. The fourth-order valence-corrected chi connectivity index (χ4v) is 2.95. The third-order valence-corrected chi connectivity index (χ3v) is 3.91. The Morgan fingerprint density at radius 1 is 1.09 bits per heavy atom. The molecule has 0 saturated carbocycles. The Bertz CT molecular complexity index is 888. The molecule has 22 heavy (non-hydrogen) atoms. The summed E-state index contributed by atoms with van der Waals surface area (Å²) in [4.78, 5) is 16.5. The third kappa shape index (κ3) is 1.92. The lowest BCUT2D eigenvalue weighted by atomic mass is 9.91. The Hall–Kier alpha value is -2.88. The number of pyridine rings is 1. The van der Waals surface area contributed by atoms with Gasteiger partial charge in [0, 0.05) is 11.8 Å². The molecule has 4 rings (SSSR count). The van der Waals surface area contributed by atoms with Crippen LogP contribution in [0.25, 0.3) is 22.0 Å². The van der Waals surface area contributed by atoms with Crippen molar-refractivity contribution in [2.45, 2.75) is 6.42 Å². The number of carbonyl (C=O) groups excluding carboxylic acids is 1. The molecule has 0 saturated heterocycles. The van der Waals surface area contributed by atoms with Crippen molar-refractivity contribution >= 4 is 16.9 Å². The Morgan fingerprint density at radius 2 is 1.91 bits per heavy atom. The highest BCUT2D eigenvalue weighted by Gasteiger charge is 2.25. The van der Waals surface area contributed by atoms with Gasteiger partial charge in [0.2, 0.25) is 0 Å². The van der Waals surface area contributed by atoms with E-state index in [2.05, 4.69) is 4.98 Å². The van der Waals surface area contributed by atoms with Crippen LogP contribution < -0.4 is 0 Å². The van der Waals surface area contributed by atoms with Gasteiger partial charge in [0.05, 0.1) is 12.1 Å². The quantitative estimate of drug-likeness (QED) is 0.699.